The molecule has 0 amide bonds. The number of rotatable bonds is 9. The normalized spacial score (nSPS) is 16.6. The van der Waals surface area contributed by atoms with Gasteiger partial charge in [0, 0.05) is 68.2 Å². The van der Waals surface area contributed by atoms with Crippen LogP contribution >= 0.6 is 0 Å². The molecule has 4 rings (SSSR count). The number of anilines is 1. The Morgan fingerprint density at radius 1 is 1.06 bits per heavy atom. The van der Waals surface area contributed by atoms with Crippen molar-refractivity contribution in [1.82, 2.24) is 24.3 Å². The lowest BCUT2D eigenvalue weighted by molar-refractivity contribution is -0.130. The third-order valence-corrected chi connectivity index (χ3v) is 6.24. The van der Waals surface area contributed by atoms with Crippen molar-refractivity contribution in [3.8, 4) is 11.1 Å². The van der Waals surface area contributed by atoms with Gasteiger partial charge in [-0.05, 0) is 38.9 Å². The third-order valence-electron chi connectivity index (χ3n) is 6.24. The molecule has 34 heavy (non-hydrogen) atoms. The minimum atomic E-state index is -2.79. The van der Waals surface area contributed by atoms with E-state index in [9.17, 15) is 8.78 Å². The van der Waals surface area contributed by atoms with E-state index in [2.05, 4.69) is 80.8 Å². The molecule has 1 aliphatic heterocycles. The standard InChI is InChI=1S/C25H34F2N6O/c1-17(2)33-15-22(20-7-5-19(6-8-20)14-32-11-9-31(4)10-12-32)21-13-28-25(30-23(21)33)29-18(3)16-34-24(26)27/h5-8,13,15,17-18,24H,9-12,14,16H2,1-4H3,(H,28,29,30)/t18-/m0/s1. The minimum Gasteiger partial charge on any atom is -0.349 e. The number of hydrogen-bond acceptors (Lipinski definition) is 6. The Labute approximate surface area is 199 Å². The number of aromatic nitrogens is 3. The van der Waals surface area contributed by atoms with Gasteiger partial charge in [-0.2, -0.15) is 13.8 Å². The van der Waals surface area contributed by atoms with Gasteiger partial charge in [-0.15, -0.1) is 0 Å². The zero-order valence-electron chi connectivity index (χ0n) is 20.3. The summed E-state index contributed by atoms with van der Waals surface area (Å²) in [4.78, 5) is 14.0. The molecule has 1 N–H and O–H groups in total. The van der Waals surface area contributed by atoms with Gasteiger partial charge in [0.2, 0.25) is 5.95 Å². The van der Waals surface area contributed by atoms with Crippen molar-refractivity contribution in [2.75, 3.05) is 45.2 Å². The molecule has 0 bridgehead atoms. The summed E-state index contributed by atoms with van der Waals surface area (Å²) in [6.07, 6.45) is 3.92. The number of ether oxygens (including phenoxy) is 1. The summed E-state index contributed by atoms with van der Waals surface area (Å²) in [5.74, 6) is 0.395. The van der Waals surface area contributed by atoms with Crippen LogP contribution in [0.2, 0.25) is 0 Å². The van der Waals surface area contributed by atoms with Crippen LogP contribution in [0.5, 0.6) is 0 Å². The van der Waals surface area contributed by atoms with Gasteiger partial charge in [0.1, 0.15) is 5.65 Å². The van der Waals surface area contributed by atoms with Crippen LogP contribution < -0.4 is 5.32 Å². The molecule has 0 unspecified atom stereocenters. The van der Waals surface area contributed by atoms with E-state index < -0.39 is 6.61 Å². The van der Waals surface area contributed by atoms with E-state index in [0.29, 0.717) is 5.95 Å². The lowest BCUT2D eigenvalue weighted by Crippen LogP contribution is -2.43. The molecule has 1 fully saturated rings. The number of hydrogen-bond donors (Lipinski definition) is 1. The summed E-state index contributed by atoms with van der Waals surface area (Å²) in [7, 11) is 2.17. The van der Waals surface area contributed by atoms with Gasteiger partial charge < -0.3 is 19.5 Å². The maximum Gasteiger partial charge on any atom is 0.345 e. The molecule has 2 aromatic heterocycles. The molecule has 1 saturated heterocycles. The first kappa shape index (κ1) is 24.5. The predicted octanol–water partition coefficient (Wildman–Crippen LogP) is 4.47. The molecule has 0 spiro atoms. The molecule has 1 aromatic carbocycles. The number of fused-ring (bicyclic) bond motifs is 1. The van der Waals surface area contributed by atoms with E-state index in [4.69, 9.17) is 4.98 Å². The molecule has 1 aliphatic rings. The van der Waals surface area contributed by atoms with Crippen LogP contribution in [0.15, 0.2) is 36.7 Å². The van der Waals surface area contributed by atoms with E-state index in [-0.39, 0.29) is 18.7 Å². The van der Waals surface area contributed by atoms with Crippen LogP contribution in [0.1, 0.15) is 32.4 Å². The summed E-state index contributed by atoms with van der Waals surface area (Å²) >= 11 is 0. The fourth-order valence-corrected chi connectivity index (χ4v) is 4.26. The molecule has 9 heteroatoms. The van der Waals surface area contributed by atoms with E-state index >= 15 is 0 Å². The van der Waals surface area contributed by atoms with Crippen molar-refractivity contribution >= 4 is 17.0 Å². The van der Waals surface area contributed by atoms with Crippen molar-refractivity contribution in [3.63, 3.8) is 0 Å². The molecule has 3 aromatic rings. The highest BCUT2D eigenvalue weighted by molar-refractivity contribution is 5.94. The minimum absolute atomic E-state index is 0.129. The first-order valence-electron chi connectivity index (χ1n) is 11.8. The van der Waals surface area contributed by atoms with Gasteiger partial charge in [-0.25, -0.2) is 4.98 Å². The van der Waals surface area contributed by atoms with Gasteiger partial charge in [0.25, 0.3) is 0 Å². The second-order valence-corrected chi connectivity index (χ2v) is 9.39. The van der Waals surface area contributed by atoms with Crippen molar-refractivity contribution in [1.29, 1.82) is 0 Å². The summed E-state index contributed by atoms with van der Waals surface area (Å²) in [5, 5.41) is 4.01. The number of piperazine rings is 1. The second-order valence-electron chi connectivity index (χ2n) is 9.39. The van der Waals surface area contributed by atoms with Gasteiger partial charge in [0.15, 0.2) is 0 Å². The predicted molar refractivity (Wildman–Crippen MR) is 131 cm³/mol. The van der Waals surface area contributed by atoms with Gasteiger partial charge in [0.05, 0.1) is 6.61 Å². The highest BCUT2D eigenvalue weighted by Crippen LogP contribution is 2.32. The average molecular weight is 473 g/mol. The summed E-state index contributed by atoms with van der Waals surface area (Å²) in [6.45, 7) is 8.44. The van der Waals surface area contributed by atoms with Crippen LogP contribution in [0.4, 0.5) is 14.7 Å². The zero-order chi connectivity index (χ0) is 24.2. The molecule has 0 radical (unpaired) electrons. The fourth-order valence-electron chi connectivity index (χ4n) is 4.26. The van der Waals surface area contributed by atoms with Crippen LogP contribution in [-0.2, 0) is 11.3 Å². The third kappa shape index (κ3) is 5.89. The van der Waals surface area contributed by atoms with Gasteiger partial charge in [-0.3, -0.25) is 4.90 Å². The first-order valence-corrected chi connectivity index (χ1v) is 11.8. The highest BCUT2D eigenvalue weighted by atomic mass is 19.3. The van der Waals surface area contributed by atoms with E-state index in [1.807, 2.05) is 0 Å². The zero-order valence-corrected chi connectivity index (χ0v) is 20.3. The topological polar surface area (TPSA) is 58.5 Å². The number of likely N-dealkylation sites (N-methyl/N-ethyl adjacent to an activating group) is 1. The van der Waals surface area contributed by atoms with E-state index in [0.717, 1.165) is 54.9 Å². The summed E-state index contributed by atoms with van der Waals surface area (Å²) < 4.78 is 31.1. The van der Waals surface area contributed by atoms with Crippen LogP contribution in [-0.4, -0.2) is 76.8 Å². The van der Waals surface area contributed by atoms with Gasteiger partial charge in [-0.1, -0.05) is 24.3 Å². The lowest BCUT2D eigenvalue weighted by Gasteiger charge is -2.32. The van der Waals surface area contributed by atoms with Crippen molar-refractivity contribution in [2.45, 2.75) is 46.0 Å². The Morgan fingerprint density at radius 2 is 1.76 bits per heavy atom. The number of benzene rings is 1. The highest BCUT2D eigenvalue weighted by Gasteiger charge is 2.17. The molecule has 1 atom stereocenters. The Kier molecular flexibility index (Phi) is 7.75. The quantitative estimate of drug-likeness (QED) is 0.496. The van der Waals surface area contributed by atoms with Gasteiger partial charge >= 0.3 is 6.61 Å². The molecule has 0 saturated carbocycles. The molecular formula is C25H34F2N6O. The molecule has 0 aliphatic carbocycles. The Hall–Kier alpha value is -2.62. The van der Waals surface area contributed by atoms with Crippen molar-refractivity contribution in [2.24, 2.45) is 0 Å². The van der Waals surface area contributed by atoms with Crippen LogP contribution in [0, 0.1) is 0 Å². The maximum absolute atomic E-state index is 12.3. The lowest BCUT2D eigenvalue weighted by atomic mass is 10.0. The summed E-state index contributed by atoms with van der Waals surface area (Å²) in [5.41, 5.74) is 4.32. The first-order chi connectivity index (χ1) is 16.3. The smallest absolute Gasteiger partial charge is 0.345 e. The average Bonchev–Trinajstić information content (AvgIpc) is 3.19. The Morgan fingerprint density at radius 3 is 2.41 bits per heavy atom. The number of nitrogens with zero attached hydrogens (tertiary/aromatic N) is 5. The number of alkyl halides is 2. The molecule has 3 heterocycles. The Bertz CT molecular complexity index is 1080. The Balaban J connectivity index is 1.54. The fraction of sp³-hybridized carbons (Fsp3) is 0.520. The monoisotopic (exact) mass is 472 g/mol. The number of halogens is 2. The van der Waals surface area contributed by atoms with E-state index in [1.54, 1.807) is 13.1 Å². The molecular weight excluding hydrogens is 438 g/mol. The molecule has 7 nitrogen and oxygen atoms in total. The molecule has 184 valence electrons. The van der Waals surface area contributed by atoms with Crippen molar-refractivity contribution in [3.05, 3.63) is 42.2 Å². The number of nitrogens with one attached hydrogen (secondary N) is 1. The summed E-state index contributed by atoms with van der Waals surface area (Å²) in [6, 6.07) is 8.60. The maximum atomic E-state index is 12.3. The largest absolute Gasteiger partial charge is 0.349 e. The van der Waals surface area contributed by atoms with Crippen LogP contribution in [0.3, 0.4) is 0 Å². The second kappa shape index (κ2) is 10.8. The SMILES string of the molecule is CC(C)n1cc(-c2ccc(CN3CCN(C)CC3)cc2)c2cnc(N[C@@H](C)COC(F)F)nc21. The van der Waals surface area contributed by atoms with Crippen LogP contribution in [0.25, 0.3) is 22.2 Å². The van der Waals surface area contributed by atoms with Crippen molar-refractivity contribution < 1.29 is 13.5 Å². The van der Waals surface area contributed by atoms with E-state index in [1.165, 1.54) is 5.56 Å².